The number of benzene rings is 2. The van der Waals surface area contributed by atoms with Crippen molar-refractivity contribution in [3.63, 3.8) is 0 Å². The van der Waals surface area contributed by atoms with Crippen molar-refractivity contribution < 1.29 is 23.5 Å². The molecule has 2 rings (SSSR count). The minimum absolute atomic E-state index is 0.0667. The van der Waals surface area contributed by atoms with E-state index in [9.17, 15) is 18.8 Å². The van der Waals surface area contributed by atoms with Crippen molar-refractivity contribution >= 4 is 35.2 Å². The van der Waals surface area contributed by atoms with E-state index in [2.05, 4.69) is 10.6 Å². The average molecular weight is 401 g/mol. The molecule has 0 atom stereocenters. The molecule has 2 N–H and O–H groups in total. The Morgan fingerprint density at radius 3 is 2.68 bits per heavy atom. The molecule has 144 valence electrons. The molecule has 0 spiro atoms. The fourth-order valence-electron chi connectivity index (χ4n) is 2.07. The number of nitriles is 1. The van der Waals surface area contributed by atoms with Gasteiger partial charge in [0.15, 0.2) is 6.61 Å². The SMILES string of the molecule is N#CCSc1ccccc1NC(=O)COC(=O)CNC(=O)c1cccc(F)c1. The van der Waals surface area contributed by atoms with Gasteiger partial charge in [-0.1, -0.05) is 18.2 Å². The van der Waals surface area contributed by atoms with Crippen LogP contribution in [0.1, 0.15) is 10.4 Å². The first-order chi connectivity index (χ1) is 13.5. The summed E-state index contributed by atoms with van der Waals surface area (Å²) >= 11 is 1.27. The Labute approximate surface area is 164 Å². The highest BCUT2D eigenvalue weighted by molar-refractivity contribution is 7.99. The predicted octanol–water partition coefficient (Wildman–Crippen LogP) is 2.35. The van der Waals surface area contributed by atoms with Crippen LogP contribution in [0.5, 0.6) is 0 Å². The molecule has 0 aromatic heterocycles. The number of nitrogens with zero attached hydrogens (tertiary/aromatic N) is 1. The minimum atomic E-state index is -0.813. The summed E-state index contributed by atoms with van der Waals surface area (Å²) in [6, 6.07) is 13.9. The molecule has 0 aliphatic carbocycles. The summed E-state index contributed by atoms with van der Waals surface area (Å²) in [7, 11) is 0. The van der Waals surface area contributed by atoms with E-state index < -0.39 is 36.8 Å². The number of hydrogen-bond acceptors (Lipinski definition) is 6. The lowest BCUT2D eigenvalue weighted by molar-refractivity contribution is -0.146. The molecule has 2 aromatic rings. The molecule has 28 heavy (non-hydrogen) atoms. The number of halogens is 1. The average Bonchev–Trinajstić information content (AvgIpc) is 2.69. The number of carbonyl (C=O) groups excluding carboxylic acids is 3. The topological polar surface area (TPSA) is 108 Å². The van der Waals surface area contributed by atoms with E-state index in [-0.39, 0.29) is 11.3 Å². The van der Waals surface area contributed by atoms with E-state index in [1.165, 1.54) is 30.0 Å². The van der Waals surface area contributed by atoms with E-state index in [1.54, 1.807) is 24.3 Å². The number of rotatable bonds is 8. The van der Waals surface area contributed by atoms with Crippen LogP contribution in [0.25, 0.3) is 0 Å². The summed E-state index contributed by atoms with van der Waals surface area (Å²) in [6.07, 6.45) is 0. The first kappa shape index (κ1) is 20.9. The molecule has 0 saturated heterocycles. The maximum absolute atomic E-state index is 13.1. The number of ether oxygens (including phenoxy) is 1. The van der Waals surface area contributed by atoms with Crippen molar-refractivity contribution in [2.75, 3.05) is 24.2 Å². The molecule has 0 radical (unpaired) electrons. The third-order valence-electron chi connectivity index (χ3n) is 3.30. The van der Waals surface area contributed by atoms with Crippen molar-refractivity contribution in [2.24, 2.45) is 0 Å². The smallest absolute Gasteiger partial charge is 0.325 e. The van der Waals surface area contributed by atoms with Gasteiger partial charge in [-0.25, -0.2) is 4.39 Å². The van der Waals surface area contributed by atoms with Crippen molar-refractivity contribution in [3.05, 3.63) is 59.9 Å². The van der Waals surface area contributed by atoms with Gasteiger partial charge < -0.3 is 15.4 Å². The molecule has 9 heteroatoms. The monoisotopic (exact) mass is 401 g/mol. The molecular formula is C19H16FN3O4S. The third kappa shape index (κ3) is 6.74. The number of amides is 2. The Balaban J connectivity index is 1.77. The van der Waals surface area contributed by atoms with Gasteiger partial charge in [0.1, 0.15) is 12.4 Å². The molecule has 7 nitrogen and oxygen atoms in total. The summed E-state index contributed by atoms with van der Waals surface area (Å²) in [4.78, 5) is 36.2. The Hall–Kier alpha value is -3.38. The van der Waals surface area contributed by atoms with Gasteiger partial charge in [-0.2, -0.15) is 5.26 Å². The zero-order valence-electron chi connectivity index (χ0n) is 14.6. The standard InChI is InChI=1S/C19H16FN3O4S/c20-14-5-3-4-13(10-14)19(26)22-11-18(25)27-12-17(24)23-15-6-1-2-7-16(15)28-9-8-21/h1-7,10H,9,11-12H2,(H,22,26)(H,23,24). The number of hydrogen-bond donors (Lipinski definition) is 2. The van der Waals surface area contributed by atoms with Crippen molar-refractivity contribution in [3.8, 4) is 6.07 Å². The predicted molar refractivity (Wildman–Crippen MR) is 101 cm³/mol. The Kier molecular flexibility index (Phi) is 7.99. The van der Waals surface area contributed by atoms with Crippen LogP contribution in [0.2, 0.25) is 0 Å². The van der Waals surface area contributed by atoms with Crippen LogP contribution in [0.3, 0.4) is 0 Å². The van der Waals surface area contributed by atoms with Crippen LogP contribution in [0.4, 0.5) is 10.1 Å². The van der Waals surface area contributed by atoms with Gasteiger partial charge in [0.2, 0.25) is 0 Å². The Morgan fingerprint density at radius 1 is 1.14 bits per heavy atom. The lowest BCUT2D eigenvalue weighted by Crippen LogP contribution is -2.32. The van der Waals surface area contributed by atoms with Gasteiger partial charge in [-0.15, -0.1) is 11.8 Å². The van der Waals surface area contributed by atoms with Gasteiger partial charge in [0.25, 0.3) is 11.8 Å². The largest absolute Gasteiger partial charge is 0.454 e. The number of carbonyl (C=O) groups is 3. The van der Waals surface area contributed by atoms with Crippen LogP contribution in [-0.4, -0.2) is 36.7 Å². The highest BCUT2D eigenvalue weighted by Crippen LogP contribution is 2.26. The summed E-state index contributed by atoms with van der Waals surface area (Å²) in [5.41, 5.74) is 0.570. The third-order valence-corrected chi connectivity index (χ3v) is 4.24. The number of para-hydroxylation sites is 1. The first-order valence-electron chi connectivity index (χ1n) is 8.07. The lowest BCUT2D eigenvalue weighted by Gasteiger charge is -2.10. The van der Waals surface area contributed by atoms with Crippen molar-refractivity contribution in [1.29, 1.82) is 5.26 Å². The number of esters is 1. The normalized spacial score (nSPS) is 9.86. The highest BCUT2D eigenvalue weighted by Gasteiger charge is 2.12. The number of nitrogens with one attached hydrogen (secondary N) is 2. The van der Waals surface area contributed by atoms with E-state index in [0.29, 0.717) is 10.6 Å². The van der Waals surface area contributed by atoms with Gasteiger partial charge in [-0.3, -0.25) is 14.4 Å². The summed E-state index contributed by atoms with van der Waals surface area (Å²) in [5, 5.41) is 13.5. The zero-order valence-corrected chi connectivity index (χ0v) is 15.4. The second kappa shape index (κ2) is 10.7. The molecule has 0 aliphatic heterocycles. The number of anilines is 1. The lowest BCUT2D eigenvalue weighted by atomic mass is 10.2. The molecule has 0 unspecified atom stereocenters. The second-order valence-corrected chi connectivity index (χ2v) is 6.36. The van der Waals surface area contributed by atoms with Crippen LogP contribution in [-0.2, 0) is 14.3 Å². The quantitative estimate of drug-likeness (QED) is 0.519. The summed E-state index contributed by atoms with van der Waals surface area (Å²) < 4.78 is 17.9. The van der Waals surface area contributed by atoms with Gasteiger partial charge in [-0.05, 0) is 30.3 Å². The molecule has 0 bridgehead atoms. The molecule has 0 heterocycles. The number of thioether (sulfide) groups is 1. The fourth-order valence-corrected chi connectivity index (χ4v) is 2.74. The minimum Gasteiger partial charge on any atom is -0.454 e. The molecule has 0 aliphatic rings. The van der Waals surface area contributed by atoms with Gasteiger partial charge in [0, 0.05) is 10.5 Å². The molecule has 0 fully saturated rings. The summed E-state index contributed by atoms with van der Waals surface area (Å²) in [6.45, 7) is -0.997. The van der Waals surface area contributed by atoms with Gasteiger partial charge in [0.05, 0.1) is 17.5 Å². The maximum Gasteiger partial charge on any atom is 0.325 e. The fraction of sp³-hybridized carbons (Fsp3) is 0.158. The van der Waals surface area contributed by atoms with E-state index in [0.717, 1.165) is 6.07 Å². The van der Waals surface area contributed by atoms with Gasteiger partial charge >= 0.3 is 5.97 Å². The van der Waals surface area contributed by atoms with Crippen molar-refractivity contribution in [2.45, 2.75) is 4.90 Å². The molecule has 0 saturated carbocycles. The van der Waals surface area contributed by atoms with E-state index in [1.807, 2.05) is 6.07 Å². The van der Waals surface area contributed by atoms with Crippen LogP contribution in [0.15, 0.2) is 53.4 Å². The van der Waals surface area contributed by atoms with Crippen LogP contribution in [0, 0.1) is 17.1 Å². The van der Waals surface area contributed by atoms with E-state index in [4.69, 9.17) is 10.00 Å². The molecule has 2 aromatic carbocycles. The van der Waals surface area contributed by atoms with Crippen molar-refractivity contribution in [1.82, 2.24) is 5.32 Å². The Bertz CT molecular complexity index is 914. The van der Waals surface area contributed by atoms with E-state index >= 15 is 0 Å². The Morgan fingerprint density at radius 2 is 1.93 bits per heavy atom. The van der Waals surface area contributed by atoms with Crippen LogP contribution >= 0.6 is 11.8 Å². The summed E-state index contributed by atoms with van der Waals surface area (Å²) in [5.74, 6) is -2.35. The highest BCUT2D eigenvalue weighted by atomic mass is 32.2. The second-order valence-electron chi connectivity index (χ2n) is 5.34. The molecule has 2 amide bonds. The van der Waals surface area contributed by atoms with Crippen LogP contribution < -0.4 is 10.6 Å². The maximum atomic E-state index is 13.1. The zero-order chi connectivity index (χ0) is 20.4. The molecular weight excluding hydrogens is 385 g/mol. The first-order valence-corrected chi connectivity index (χ1v) is 9.06.